The second kappa shape index (κ2) is 4.38. The first-order chi connectivity index (χ1) is 7.29. The summed E-state index contributed by atoms with van der Waals surface area (Å²) in [5.74, 6) is 1.34. The Kier molecular flexibility index (Phi) is 2.94. The van der Waals surface area contributed by atoms with Gasteiger partial charge in [-0.3, -0.25) is 9.48 Å². The monoisotopic (exact) mass is 205 g/mol. The van der Waals surface area contributed by atoms with Crippen molar-refractivity contribution in [3.8, 4) is 0 Å². The molecule has 1 aliphatic carbocycles. The number of hydrogen-bond acceptors (Lipinski definition) is 3. The smallest absolute Gasteiger partial charge is 0.138 e. The minimum absolute atomic E-state index is 0.343. The number of aryl methyl sites for hydroxylation is 1. The number of carbonyl (C=O) groups is 1. The Morgan fingerprint density at radius 1 is 1.47 bits per heavy atom. The zero-order valence-corrected chi connectivity index (χ0v) is 8.94. The molecule has 1 heterocycles. The lowest BCUT2D eigenvalue weighted by Crippen LogP contribution is -2.09. The lowest BCUT2D eigenvalue weighted by atomic mass is 9.96. The molecule has 80 valence electrons. The van der Waals surface area contributed by atoms with E-state index in [4.69, 9.17) is 0 Å². The van der Waals surface area contributed by atoms with Crippen LogP contribution in [0.1, 0.15) is 32.0 Å². The van der Waals surface area contributed by atoms with Crippen molar-refractivity contribution in [1.82, 2.24) is 14.8 Å². The quantitative estimate of drug-likeness (QED) is 0.703. The van der Waals surface area contributed by atoms with Crippen LogP contribution < -0.4 is 0 Å². The molecular weight excluding hydrogens is 190 g/mol. The maximum Gasteiger partial charge on any atom is 0.138 e. The van der Waals surface area contributed by atoms with Crippen LogP contribution in [0.25, 0.3) is 0 Å². The van der Waals surface area contributed by atoms with E-state index in [0.717, 1.165) is 25.2 Å². The Morgan fingerprint density at radius 3 is 3.00 bits per heavy atom. The Labute approximate surface area is 89.0 Å². The van der Waals surface area contributed by atoms with E-state index in [-0.39, 0.29) is 0 Å². The third-order valence-electron chi connectivity index (χ3n) is 2.72. The van der Waals surface area contributed by atoms with Gasteiger partial charge in [0.2, 0.25) is 0 Å². The summed E-state index contributed by atoms with van der Waals surface area (Å²) in [4.78, 5) is 15.3. The van der Waals surface area contributed by atoms with E-state index in [1.54, 1.807) is 6.33 Å². The summed E-state index contributed by atoms with van der Waals surface area (Å²) in [6.45, 7) is 2.90. The van der Waals surface area contributed by atoms with Gasteiger partial charge in [-0.25, -0.2) is 4.98 Å². The number of Topliss-reactive ketones (excluding diaryl/α,β-unsaturated/α-hetero) is 1. The molecule has 0 saturated heterocycles. The maximum atomic E-state index is 11.1. The topological polar surface area (TPSA) is 47.8 Å². The molecule has 1 aromatic rings. The average molecular weight is 205 g/mol. The van der Waals surface area contributed by atoms with Gasteiger partial charge in [0.25, 0.3) is 0 Å². The molecule has 0 radical (unpaired) electrons. The normalized spacial score (nSPS) is 16.6. The minimum Gasteiger partial charge on any atom is -0.299 e. The van der Waals surface area contributed by atoms with Crippen LogP contribution in [0.2, 0.25) is 0 Å². The summed E-state index contributed by atoms with van der Waals surface area (Å²) < 4.78 is 1.90. The third kappa shape index (κ3) is 2.32. The zero-order chi connectivity index (χ0) is 10.7. The van der Waals surface area contributed by atoms with Gasteiger partial charge in [-0.05, 0) is 13.3 Å². The van der Waals surface area contributed by atoms with Crippen LogP contribution in [0, 0.1) is 0 Å². The molecule has 4 heteroatoms. The van der Waals surface area contributed by atoms with Crippen molar-refractivity contribution in [3.05, 3.63) is 23.8 Å². The molecule has 15 heavy (non-hydrogen) atoms. The van der Waals surface area contributed by atoms with Crippen molar-refractivity contribution in [1.29, 1.82) is 0 Å². The van der Waals surface area contributed by atoms with Crippen LogP contribution in [0.3, 0.4) is 0 Å². The Balaban J connectivity index is 2.06. The van der Waals surface area contributed by atoms with Gasteiger partial charge < -0.3 is 0 Å². The molecule has 0 amide bonds. The molecule has 0 spiro atoms. The summed E-state index contributed by atoms with van der Waals surface area (Å²) in [6, 6.07) is 0. The fourth-order valence-corrected chi connectivity index (χ4v) is 1.82. The fourth-order valence-electron chi connectivity index (χ4n) is 1.82. The number of rotatable bonds is 3. The maximum absolute atomic E-state index is 11.1. The highest BCUT2D eigenvalue weighted by Gasteiger charge is 2.12. The first-order valence-corrected chi connectivity index (χ1v) is 5.36. The summed E-state index contributed by atoms with van der Waals surface area (Å²) in [6.07, 6.45) is 6.63. The highest BCUT2D eigenvalue weighted by atomic mass is 16.1. The van der Waals surface area contributed by atoms with Crippen LogP contribution in [-0.4, -0.2) is 20.5 Å². The van der Waals surface area contributed by atoms with Gasteiger partial charge in [0, 0.05) is 25.8 Å². The summed E-state index contributed by atoms with van der Waals surface area (Å²) >= 11 is 0. The summed E-state index contributed by atoms with van der Waals surface area (Å²) in [5.41, 5.74) is 1.32. The number of allylic oxidation sites excluding steroid dienone is 2. The van der Waals surface area contributed by atoms with E-state index in [1.807, 2.05) is 10.8 Å². The molecule has 0 unspecified atom stereocenters. The van der Waals surface area contributed by atoms with Gasteiger partial charge in [-0.1, -0.05) is 11.6 Å². The predicted molar refractivity (Wildman–Crippen MR) is 56.3 cm³/mol. The number of hydrogen-bond donors (Lipinski definition) is 0. The highest BCUT2D eigenvalue weighted by molar-refractivity contribution is 5.81. The second-order valence-corrected chi connectivity index (χ2v) is 3.77. The van der Waals surface area contributed by atoms with Crippen molar-refractivity contribution < 1.29 is 4.79 Å². The number of nitrogens with zero attached hydrogens (tertiary/aromatic N) is 3. The van der Waals surface area contributed by atoms with Crippen LogP contribution in [-0.2, 0) is 17.8 Å². The van der Waals surface area contributed by atoms with Crippen molar-refractivity contribution in [3.63, 3.8) is 0 Å². The van der Waals surface area contributed by atoms with Crippen molar-refractivity contribution in [2.75, 3.05) is 0 Å². The molecule has 0 atom stereocenters. The molecular formula is C11H15N3O. The van der Waals surface area contributed by atoms with E-state index in [2.05, 4.69) is 17.0 Å². The third-order valence-corrected chi connectivity index (χ3v) is 2.72. The zero-order valence-electron chi connectivity index (χ0n) is 8.94. The predicted octanol–water partition coefficient (Wildman–Crippen LogP) is 1.52. The van der Waals surface area contributed by atoms with Crippen molar-refractivity contribution in [2.45, 2.75) is 39.2 Å². The van der Waals surface area contributed by atoms with E-state index in [9.17, 15) is 4.79 Å². The molecule has 0 N–H and O–H groups in total. The molecule has 0 aliphatic heterocycles. The van der Waals surface area contributed by atoms with Gasteiger partial charge >= 0.3 is 0 Å². The van der Waals surface area contributed by atoms with Gasteiger partial charge in [0.1, 0.15) is 17.9 Å². The first kappa shape index (κ1) is 10.1. The number of carbonyl (C=O) groups excluding carboxylic acids is 1. The lowest BCUT2D eigenvalue weighted by Gasteiger charge is -2.11. The second-order valence-electron chi connectivity index (χ2n) is 3.77. The van der Waals surface area contributed by atoms with Gasteiger partial charge in [-0.2, -0.15) is 5.10 Å². The van der Waals surface area contributed by atoms with Crippen LogP contribution >= 0.6 is 0 Å². The SMILES string of the molecule is CCn1ncnc1CC1=CCC(=O)CC1. The molecule has 0 aromatic carbocycles. The summed E-state index contributed by atoms with van der Waals surface area (Å²) in [7, 11) is 0. The molecule has 1 aromatic heterocycles. The van der Waals surface area contributed by atoms with Crippen LogP contribution in [0.15, 0.2) is 18.0 Å². The first-order valence-electron chi connectivity index (χ1n) is 5.36. The van der Waals surface area contributed by atoms with Crippen LogP contribution in [0.5, 0.6) is 0 Å². The molecule has 4 nitrogen and oxygen atoms in total. The van der Waals surface area contributed by atoms with E-state index in [1.165, 1.54) is 5.57 Å². The molecule has 2 rings (SSSR count). The largest absolute Gasteiger partial charge is 0.299 e. The molecule has 0 fully saturated rings. The number of aromatic nitrogens is 3. The Hall–Kier alpha value is -1.45. The van der Waals surface area contributed by atoms with Crippen LogP contribution in [0.4, 0.5) is 0 Å². The molecule has 0 bridgehead atoms. The van der Waals surface area contributed by atoms with E-state index in [0.29, 0.717) is 18.6 Å². The highest BCUT2D eigenvalue weighted by Crippen LogP contribution is 2.18. The Bertz CT molecular complexity index is 392. The average Bonchev–Trinajstić information content (AvgIpc) is 2.69. The van der Waals surface area contributed by atoms with Crippen molar-refractivity contribution in [2.24, 2.45) is 0 Å². The van der Waals surface area contributed by atoms with Crippen molar-refractivity contribution >= 4 is 5.78 Å². The standard InChI is InChI=1S/C11H15N3O/c1-2-14-11(12-8-13-14)7-9-3-5-10(15)6-4-9/h3,8H,2,4-7H2,1H3. The van der Waals surface area contributed by atoms with Gasteiger partial charge in [0.05, 0.1) is 0 Å². The van der Waals surface area contributed by atoms with E-state index < -0.39 is 0 Å². The lowest BCUT2D eigenvalue weighted by molar-refractivity contribution is -0.118. The Morgan fingerprint density at radius 2 is 2.33 bits per heavy atom. The number of ketones is 1. The fraction of sp³-hybridized carbons (Fsp3) is 0.545. The van der Waals surface area contributed by atoms with E-state index >= 15 is 0 Å². The molecule has 0 saturated carbocycles. The molecule has 1 aliphatic rings. The van der Waals surface area contributed by atoms with Gasteiger partial charge in [0.15, 0.2) is 0 Å². The summed E-state index contributed by atoms with van der Waals surface area (Å²) in [5, 5.41) is 4.13. The minimum atomic E-state index is 0.343. The van der Waals surface area contributed by atoms with Gasteiger partial charge in [-0.15, -0.1) is 0 Å².